The minimum Gasteiger partial charge on any atom is -0.462 e. The van der Waals surface area contributed by atoms with E-state index < -0.39 is 0 Å². The monoisotopic (exact) mass is 450 g/mol. The molecule has 7 heteroatoms. The number of hydrogen-bond acceptors (Lipinski definition) is 5. The van der Waals surface area contributed by atoms with Gasteiger partial charge in [0.1, 0.15) is 0 Å². The van der Waals surface area contributed by atoms with E-state index in [0.717, 1.165) is 12.8 Å². The highest BCUT2D eigenvalue weighted by molar-refractivity contribution is 6.21. The van der Waals surface area contributed by atoms with Crippen molar-refractivity contribution in [2.75, 3.05) is 18.5 Å². The van der Waals surface area contributed by atoms with E-state index in [1.165, 1.54) is 4.90 Å². The number of fused-ring (bicyclic) bond motifs is 1. The van der Waals surface area contributed by atoms with Gasteiger partial charge in [0, 0.05) is 18.7 Å². The highest BCUT2D eigenvalue weighted by Crippen LogP contribution is 2.23. The van der Waals surface area contributed by atoms with E-state index in [0.29, 0.717) is 60.7 Å². The van der Waals surface area contributed by atoms with E-state index >= 15 is 0 Å². The number of imide groups is 1. The zero-order valence-corrected chi connectivity index (χ0v) is 19.1. The molecule has 0 bridgehead atoms. The standard InChI is InChI=1S/C26H30N2O5/c1-18(2)15-17-33-26(32)19-11-13-20(14-12-19)27-23(29)10-4-3-7-16-28-24(30)21-8-5-6-9-22(21)25(28)31/h5-6,8-9,11-14,18H,3-4,7,10,15-17H2,1-2H3,(H,27,29). The molecule has 0 spiro atoms. The molecule has 0 radical (unpaired) electrons. The third-order valence-corrected chi connectivity index (χ3v) is 5.50. The van der Waals surface area contributed by atoms with E-state index in [4.69, 9.17) is 4.74 Å². The lowest BCUT2D eigenvalue weighted by Gasteiger charge is -2.13. The van der Waals surface area contributed by atoms with Gasteiger partial charge in [0.25, 0.3) is 11.8 Å². The third-order valence-electron chi connectivity index (χ3n) is 5.50. The van der Waals surface area contributed by atoms with Crippen molar-refractivity contribution in [3.8, 4) is 0 Å². The Kier molecular flexibility index (Phi) is 8.35. The zero-order chi connectivity index (χ0) is 23.8. The van der Waals surface area contributed by atoms with Crippen LogP contribution in [0.1, 0.15) is 77.0 Å². The van der Waals surface area contributed by atoms with Crippen molar-refractivity contribution in [1.29, 1.82) is 0 Å². The maximum atomic E-state index is 12.3. The number of unbranched alkanes of at least 4 members (excludes halogenated alkanes) is 2. The number of carbonyl (C=O) groups excluding carboxylic acids is 4. The van der Waals surface area contributed by atoms with Gasteiger partial charge in [-0.1, -0.05) is 32.4 Å². The van der Waals surface area contributed by atoms with Crippen LogP contribution in [0.4, 0.5) is 5.69 Å². The van der Waals surface area contributed by atoms with Crippen LogP contribution >= 0.6 is 0 Å². The first kappa shape index (κ1) is 24.2. The van der Waals surface area contributed by atoms with E-state index in [9.17, 15) is 19.2 Å². The molecule has 33 heavy (non-hydrogen) atoms. The van der Waals surface area contributed by atoms with Crippen LogP contribution in [0, 0.1) is 5.92 Å². The van der Waals surface area contributed by atoms with Crippen molar-refractivity contribution < 1.29 is 23.9 Å². The Morgan fingerprint density at radius 2 is 1.55 bits per heavy atom. The molecule has 0 atom stereocenters. The van der Waals surface area contributed by atoms with E-state index in [1.807, 2.05) is 0 Å². The molecule has 174 valence electrons. The molecule has 1 heterocycles. The second-order valence-corrected chi connectivity index (χ2v) is 8.56. The van der Waals surface area contributed by atoms with Gasteiger partial charge in [-0.2, -0.15) is 0 Å². The van der Waals surface area contributed by atoms with Crippen LogP contribution in [0.2, 0.25) is 0 Å². The van der Waals surface area contributed by atoms with Gasteiger partial charge in [-0.25, -0.2) is 4.79 Å². The Morgan fingerprint density at radius 3 is 2.15 bits per heavy atom. The van der Waals surface area contributed by atoms with Crippen LogP contribution in [-0.2, 0) is 9.53 Å². The van der Waals surface area contributed by atoms with Crippen molar-refractivity contribution in [2.24, 2.45) is 5.92 Å². The molecule has 2 aromatic carbocycles. The fourth-order valence-corrected chi connectivity index (χ4v) is 3.56. The molecule has 0 fully saturated rings. The normalized spacial score (nSPS) is 12.8. The maximum absolute atomic E-state index is 12.3. The van der Waals surface area contributed by atoms with Crippen LogP contribution in [0.15, 0.2) is 48.5 Å². The van der Waals surface area contributed by atoms with E-state index in [1.54, 1.807) is 48.5 Å². The number of amides is 3. The number of nitrogens with zero attached hydrogens (tertiary/aromatic N) is 1. The summed E-state index contributed by atoms with van der Waals surface area (Å²) in [7, 11) is 0. The second-order valence-electron chi connectivity index (χ2n) is 8.56. The molecule has 1 N–H and O–H groups in total. The molecule has 3 amide bonds. The lowest BCUT2D eigenvalue weighted by molar-refractivity contribution is -0.116. The summed E-state index contributed by atoms with van der Waals surface area (Å²) in [6.07, 6.45) is 3.17. The summed E-state index contributed by atoms with van der Waals surface area (Å²) in [5, 5.41) is 2.81. The Bertz CT molecular complexity index is 979. The van der Waals surface area contributed by atoms with Gasteiger partial charge in [-0.3, -0.25) is 19.3 Å². The predicted molar refractivity (Wildman–Crippen MR) is 125 cm³/mol. The van der Waals surface area contributed by atoms with Gasteiger partial charge in [0.15, 0.2) is 0 Å². The molecular weight excluding hydrogens is 420 g/mol. The van der Waals surface area contributed by atoms with Crippen LogP contribution in [0.5, 0.6) is 0 Å². The number of benzene rings is 2. The van der Waals surface area contributed by atoms with Gasteiger partial charge in [0.2, 0.25) is 5.91 Å². The summed E-state index contributed by atoms with van der Waals surface area (Å²) in [6.45, 7) is 4.88. The van der Waals surface area contributed by atoms with Crippen LogP contribution < -0.4 is 5.32 Å². The highest BCUT2D eigenvalue weighted by atomic mass is 16.5. The van der Waals surface area contributed by atoms with Gasteiger partial charge in [0.05, 0.1) is 23.3 Å². The zero-order valence-electron chi connectivity index (χ0n) is 19.1. The molecule has 1 aliphatic heterocycles. The van der Waals surface area contributed by atoms with E-state index in [-0.39, 0.29) is 23.7 Å². The van der Waals surface area contributed by atoms with Crippen LogP contribution in [0.25, 0.3) is 0 Å². The number of nitrogens with one attached hydrogen (secondary N) is 1. The quantitative estimate of drug-likeness (QED) is 0.305. The van der Waals surface area contributed by atoms with Crippen molar-refractivity contribution in [2.45, 2.75) is 46.0 Å². The van der Waals surface area contributed by atoms with Crippen molar-refractivity contribution in [3.05, 3.63) is 65.2 Å². The molecule has 0 aromatic heterocycles. The maximum Gasteiger partial charge on any atom is 0.338 e. The molecule has 0 saturated heterocycles. The predicted octanol–water partition coefficient (Wildman–Crippen LogP) is 4.68. The van der Waals surface area contributed by atoms with Gasteiger partial charge in [-0.15, -0.1) is 0 Å². The van der Waals surface area contributed by atoms with Crippen molar-refractivity contribution in [3.63, 3.8) is 0 Å². The number of hydrogen-bond donors (Lipinski definition) is 1. The minimum atomic E-state index is -0.369. The molecule has 3 rings (SSSR count). The summed E-state index contributed by atoms with van der Waals surface area (Å²) >= 11 is 0. The number of carbonyl (C=O) groups is 4. The van der Waals surface area contributed by atoms with Crippen molar-refractivity contribution >= 4 is 29.4 Å². The van der Waals surface area contributed by atoms with Crippen molar-refractivity contribution in [1.82, 2.24) is 4.90 Å². The van der Waals surface area contributed by atoms with E-state index in [2.05, 4.69) is 19.2 Å². The number of rotatable bonds is 11. The van der Waals surface area contributed by atoms with Gasteiger partial charge >= 0.3 is 5.97 Å². The summed E-state index contributed by atoms with van der Waals surface area (Å²) in [6, 6.07) is 13.5. The number of anilines is 1. The smallest absolute Gasteiger partial charge is 0.338 e. The fraction of sp³-hybridized carbons (Fsp3) is 0.385. The first-order chi connectivity index (χ1) is 15.9. The summed E-state index contributed by atoms with van der Waals surface area (Å²) in [5.74, 6) is -0.520. The number of esters is 1. The van der Waals surface area contributed by atoms with Gasteiger partial charge in [-0.05, 0) is 61.6 Å². The SMILES string of the molecule is CC(C)CCOC(=O)c1ccc(NC(=O)CCCCCN2C(=O)c3ccccc3C2=O)cc1. The minimum absolute atomic E-state index is 0.122. The fourth-order valence-electron chi connectivity index (χ4n) is 3.56. The van der Waals surface area contributed by atoms with Gasteiger partial charge < -0.3 is 10.1 Å². The molecule has 7 nitrogen and oxygen atoms in total. The lowest BCUT2D eigenvalue weighted by atomic mass is 10.1. The second kappa shape index (κ2) is 11.4. The molecule has 0 saturated carbocycles. The average molecular weight is 451 g/mol. The third kappa shape index (κ3) is 6.51. The summed E-state index contributed by atoms with van der Waals surface area (Å²) in [5.41, 5.74) is 1.98. The first-order valence-electron chi connectivity index (χ1n) is 11.4. The molecule has 0 unspecified atom stereocenters. The Morgan fingerprint density at radius 1 is 0.909 bits per heavy atom. The summed E-state index contributed by atoms with van der Waals surface area (Å²) < 4.78 is 5.23. The average Bonchev–Trinajstić information content (AvgIpc) is 3.04. The largest absolute Gasteiger partial charge is 0.462 e. The molecule has 1 aliphatic rings. The highest BCUT2D eigenvalue weighted by Gasteiger charge is 2.34. The summed E-state index contributed by atoms with van der Waals surface area (Å²) in [4.78, 5) is 50.2. The molecule has 0 aliphatic carbocycles. The first-order valence-corrected chi connectivity index (χ1v) is 11.4. The Balaban J connectivity index is 1.34. The van der Waals surface area contributed by atoms with Crippen LogP contribution in [-0.4, -0.2) is 41.7 Å². The molecule has 2 aromatic rings. The Hall–Kier alpha value is -3.48. The number of ether oxygens (including phenoxy) is 1. The molecular formula is C26H30N2O5. The topological polar surface area (TPSA) is 92.8 Å². The van der Waals surface area contributed by atoms with Crippen LogP contribution in [0.3, 0.4) is 0 Å². The Labute approximate surface area is 194 Å². The lowest BCUT2D eigenvalue weighted by Crippen LogP contribution is -2.30.